The average molecular weight is 463 g/mol. The number of aliphatic hydroxyl groups is 7. The molecular weight excluding hydrogens is 438 g/mol. The Morgan fingerprint density at radius 1 is 0.844 bits per heavy atom. The third kappa shape index (κ3) is 4.84. The maximum atomic E-state index is 11.2. The molecule has 32 heavy (non-hydrogen) atoms. The summed E-state index contributed by atoms with van der Waals surface area (Å²) in [6.07, 6.45) is -16.2. The van der Waals surface area contributed by atoms with Crippen molar-refractivity contribution < 1.29 is 59.6 Å². The number of ether oxygens (including phenoxy) is 4. The van der Waals surface area contributed by atoms with Crippen molar-refractivity contribution in [2.45, 2.75) is 61.4 Å². The van der Waals surface area contributed by atoms with Crippen molar-refractivity contribution in [1.29, 1.82) is 0 Å². The second-order valence-electron chi connectivity index (χ2n) is 7.35. The summed E-state index contributed by atoms with van der Waals surface area (Å²) in [6.45, 7) is -1.48. The summed E-state index contributed by atoms with van der Waals surface area (Å²) in [4.78, 5) is 10.4. The summed E-state index contributed by atoms with van der Waals surface area (Å²) in [5.41, 5.74) is -0.418. The molecule has 3 rings (SSSR count). The quantitative estimate of drug-likeness (QED) is 0.155. The third-order valence-corrected chi connectivity index (χ3v) is 5.27. The first-order valence-electron chi connectivity index (χ1n) is 9.68. The predicted octanol–water partition coefficient (Wildman–Crippen LogP) is -3.40. The molecule has 2 saturated heterocycles. The lowest BCUT2D eigenvalue weighted by Gasteiger charge is -2.45. The monoisotopic (exact) mass is 463 g/mol. The van der Waals surface area contributed by atoms with Crippen LogP contribution >= 0.6 is 0 Å². The minimum absolute atomic E-state index is 0.251. The molecule has 2 fully saturated rings. The second kappa shape index (κ2) is 10.3. The van der Waals surface area contributed by atoms with Crippen LogP contribution in [0.25, 0.3) is 0 Å². The van der Waals surface area contributed by atoms with Crippen LogP contribution in [-0.4, -0.2) is 115 Å². The van der Waals surface area contributed by atoms with Crippen molar-refractivity contribution in [1.82, 2.24) is 0 Å². The molecule has 2 aliphatic rings. The fraction of sp³-hybridized carbons (Fsp3) is 0.667. The Bertz CT molecular complexity index is 777. The normalized spacial score (nSPS) is 40.1. The largest absolute Gasteiger partial charge is 0.455 e. The number of nitro groups is 1. The Kier molecular flexibility index (Phi) is 7.94. The van der Waals surface area contributed by atoms with Gasteiger partial charge in [0.1, 0.15) is 48.8 Å². The molecule has 2 heterocycles. The van der Waals surface area contributed by atoms with Crippen LogP contribution in [0.15, 0.2) is 24.3 Å². The zero-order chi connectivity index (χ0) is 23.6. The third-order valence-electron chi connectivity index (χ3n) is 5.27. The highest BCUT2D eigenvalue weighted by Crippen LogP contribution is 2.33. The molecule has 0 spiro atoms. The fourth-order valence-electron chi connectivity index (χ4n) is 3.49. The van der Waals surface area contributed by atoms with Crippen LogP contribution < -0.4 is 4.74 Å². The molecule has 7 N–H and O–H groups in total. The van der Waals surface area contributed by atoms with Gasteiger partial charge in [0.2, 0.25) is 6.29 Å². The summed E-state index contributed by atoms with van der Waals surface area (Å²) in [6, 6.07) is 5.27. The topological polar surface area (TPSA) is 222 Å². The molecule has 0 radical (unpaired) electrons. The highest BCUT2D eigenvalue weighted by molar-refractivity contribution is 5.45. The Hall–Kier alpha value is -1.98. The van der Waals surface area contributed by atoms with Gasteiger partial charge >= 0.3 is 5.69 Å². The van der Waals surface area contributed by atoms with Crippen molar-refractivity contribution in [3.63, 3.8) is 0 Å². The van der Waals surface area contributed by atoms with E-state index in [9.17, 15) is 45.9 Å². The molecule has 0 unspecified atom stereocenters. The lowest BCUT2D eigenvalue weighted by Crippen LogP contribution is -2.65. The van der Waals surface area contributed by atoms with E-state index in [-0.39, 0.29) is 5.75 Å². The second-order valence-corrected chi connectivity index (χ2v) is 7.35. The molecule has 0 amide bonds. The number of nitro benzene ring substituents is 1. The molecule has 0 saturated carbocycles. The van der Waals surface area contributed by atoms with Crippen molar-refractivity contribution >= 4 is 5.69 Å². The van der Waals surface area contributed by atoms with E-state index < -0.39 is 85.2 Å². The van der Waals surface area contributed by atoms with E-state index >= 15 is 0 Å². The fourth-order valence-corrected chi connectivity index (χ4v) is 3.49. The van der Waals surface area contributed by atoms with E-state index in [2.05, 4.69) is 0 Å². The molecule has 14 nitrogen and oxygen atoms in total. The van der Waals surface area contributed by atoms with Crippen LogP contribution in [0.2, 0.25) is 0 Å². The van der Waals surface area contributed by atoms with Crippen molar-refractivity contribution in [3.05, 3.63) is 34.4 Å². The maximum Gasteiger partial charge on any atom is 0.311 e. The summed E-state index contributed by atoms with van der Waals surface area (Å²) in [5.74, 6) is -0.251. The molecule has 0 aromatic heterocycles. The summed E-state index contributed by atoms with van der Waals surface area (Å²) in [7, 11) is 0. The number of hydrogen-bond donors (Lipinski definition) is 7. The number of para-hydroxylation sites is 2. The van der Waals surface area contributed by atoms with Crippen LogP contribution in [0.1, 0.15) is 0 Å². The zero-order valence-corrected chi connectivity index (χ0v) is 16.5. The zero-order valence-electron chi connectivity index (χ0n) is 16.5. The number of nitrogens with zero attached hydrogens (tertiary/aromatic N) is 1. The summed E-state index contributed by atoms with van der Waals surface area (Å²) < 4.78 is 21.4. The van der Waals surface area contributed by atoms with Crippen LogP contribution in [0.5, 0.6) is 5.75 Å². The minimum Gasteiger partial charge on any atom is -0.455 e. The van der Waals surface area contributed by atoms with Gasteiger partial charge in [-0.25, -0.2) is 0 Å². The van der Waals surface area contributed by atoms with Crippen LogP contribution in [0, 0.1) is 10.1 Å². The van der Waals surface area contributed by atoms with E-state index in [0.29, 0.717) is 0 Å². The molecule has 10 atom stereocenters. The lowest BCUT2D eigenvalue weighted by atomic mass is 9.97. The Balaban J connectivity index is 1.75. The van der Waals surface area contributed by atoms with Crippen LogP contribution in [0.4, 0.5) is 5.69 Å². The van der Waals surface area contributed by atoms with Gasteiger partial charge in [-0.2, -0.15) is 0 Å². The molecule has 0 bridgehead atoms. The van der Waals surface area contributed by atoms with Gasteiger partial charge in [0, 0.05) is 6.07 Å². The standard InChI is InChI=1S/C18H25NO13/c20-5-9-11(22)12(23)14(25)18(30-9)32-16-10(6-21)31-17(15(26)13(16)24)29-8-4-2-1-3-7(8)19(27)28/h1-4,9-18,20-26H,5-6H2/t9-,10+,11-,12-,13+,14+,15+,16+,17+,18+/m1/s1. The molecule has 1 aromatic carbocycles. The van der Waals surface area contributed by atoms with E-state index in [0.717, 1.165) is 6.07 Å². The lowest BCUT2D eigenvalue weighted by molar-refractivity contribution is -0.387. The number of hydrogen-bond acceptors (Lipinski definition) is 13. The van der Waals surface area contributed by atoms with Crippen molar-refractivity contribution in [3.8, 4) is 5.75 Å². The number of aliphatic hydroxyl groups excluding tert-OH is 7. The first-order valence-corrected chi connectivity index (χ1v) is 9.68. The summed E-state index contributed by atoms with van der Waals surface area (Å²) in [5, 5.41) is 80.9. The van der Waals surface area contributed by atoms with Gasteiger partial charge < -0.3 is 54.7 Å². The first-order chi connectivity index (χ1) is 15.2. The van der Waals surface area contributed by atoms with E-state index in [4.69, 9.17) is 18.9 Å². The summed E-state index contributed by atoms with van der Waals surface area (Å²) >= 11 is 0. The van der Waals surface area contributed by atoms with Crippen LogP contribution in [0.3, 0.4) is 0 Å². The van der Waals surface area contributed by atoms with Gasteiger partial charge in [-0.3, -0.25) is 10.1 Å². The predicted molar refractivity (Wildman–Crippen MR) is 100 cm³/mol. The van der Waals surface area contributed by atoms with E-state index in [1.807, 2.05) is 0 Å². The molecular formula is C18H25NO13. The molecule has 14 heteroatoms. The smallest absolute Gasteiger partial charge is 0.311 e. The first kappa shape index (κ1) is 24.7. The number of rotatable bonds is 7. The van der Waals surface area contributed by atoms with Crippen molar-refractivity contribution in [2.75, 3.05) is 13.2 Å². The number of benzene rings is 1. The van der Waals surface area contributed by atoms with E-state index in [1.165, 1.54) is 18.2 Å². The van der Waals surface area contributed by atoms with Gasteiger partial charge in [-0.15, -0.1) is 0 Å². The van der Waals surface area contributed by atoms with E-state index in [1.54, 1.807) is 0 Å². The Morgan fingerprint density at radius 2 is 1.44 bits per heavy atom. The molecule has 2 aliphatic heterocycles. The Labute approximate surface area is 180 Å². The van der Waals surface area contributed by atoms with Gasteiger partial charge in [-0.1, -0.05) is 12.1 Å². The maximum absolute atomic E-state index is 11.2. The molecule has 180 valence electrons. The Morgan fingerprint density at radius 3 is 2.06 bits per heavy atom. The minimum atomic E-state index is -1.81. The average Bonchev–Trinajstić information content (AvgIpc) is 2.78. The van der Waals surface area contributed by atoms with Gasteiger partial charge in [0.05, 0.1) is 18.1 Å². The van der Waals surface area contributed by atoms with Crippen molar-refractivity contribution in [2.24, 2.45) is 0 Å². The van der Waals surface area contributed by atoms with Crippen LogP contribution in [-0.2, 0) is 14.2 Å². The van der Waals surface area contributed by atoms with Gasteiger partial charge in [0.25, 0.3) is 0 Å². The highest BCUT2D eigenvalue weighted by atomic mass is 16.7. The van der Waals surface area contributed by atoms with Gasteiger partial charge in [-0.05, 0) is 6.07 Å². The van der Waals surface area contributed by atoms with Gasteiger partial charge in [0.15, 0.2) is 12.0 Å². The highest BCUT2D eigenvalue weighted by Gasteiger charge is 2.51. The molecule has 1 aromatic rings. The SMILES string of the molecule is O=[N+]([O-])c1ccccc1O[C@H]1O[C@@H](CO)[C@H](O[C@@H]2O[C@H](CO)[C@@H](O)[C@@H](O)[C@@H]2O)[C@@H](O)[C@@H]1O. The molecule has 0 aliphatic carbocycles.